The minimum Gasteiger partial charge on any atom is -0.390 e. The number of aliphatic hydroxyl groups excluding tert-OH is 1. The lowest BCUT2D eigenvalue weighted by atomic mass is 9.75. The number of halogens is 1. The summed E-state index contributed by atoms with van der Waals surface area (Å²) in [5.74, 6) is 0.177. The first kappa shape index (κ1) is 18.1. The van der Waals surface area contributed by atoms with Crippen molar-refractivity contribution in [3.05, 3.63) is 47.5 Å². The van der Waals surface area contributed by atoms with Gasteiger partial charge in [-0.2, -0.15) is 0 Å². The van der Waals surface area contributed by atoms with Gasteiger partial charge in [-0.1, -0.05) is 17.3 Å². The number of benzene rings is 1. The predicted molar refractivity (Wildman–Crippen MR) is 95.8 cm³/mol. The van der Waals surface area contributed by atoms with Gasteiger partial charge in [-0.25, -0.2) is 4.39 Å². The largest absolute Gasteiger partial charge is 0.390 e. The first-order valence-electron chi connectivity index (χ1n) is 9.38. The van der Waals surface area contributed by atoms with Gasteiger partial charge in [-0.15, -0.1) is 5.10 Å². The zero-order chi connectivity index (χ0) is 18.8. The van der Waals surface area contributed by atoms with E-state index in [4.69, 9.17) is 5.11 Å². The van der Waals surface area contributed by atoms with Crippen LogP contribution in [0.2, 0.25) is 0 Å². The molecule has 3 aliphatic rings. The quantitative estimate of drug-likeness (QED) is 0.787. The van der Waals surface area contributed by atoms with Crippen molar-refractivity contribution in [2.75, 3.05) is 13.1 Å². The molecule has 3 aliphatic heterocycles. The van der Waals surface area contributed by atoms with Gasteiger partial charge in [-0.3, -0.25) is 14.4 Å². The number of aliphatic hydroxyl groups is 1. The summed E-state index contributed by atoms with van der Waals surface area (Å²) in [7, 11) is 0. The maximum absolute atomic E-state index is 13.0. The van der Waals surface area contributed by atoms with Crippen molar-refractivity contribution in [2.45, 2.75) is 38.6 Å². The molecule has 0 aliphatic carbocycles. The molecule has 4 atom stereocenters. The molecule has 1 aromatic heterocycles. The van der Waals surface area contributed by atoms with E-state index >= 15 is 0 Å². The number of rotatable bonds is 6. The molecular weight excluding hydrogens is 349 g/mol. The monoisotopic (exact) mass is 373 g/mol. The van der Waals surface area contributed by atoms with Crippen molar-refractivity contribution in [3.63, 3.8) is 0 Å². The number of carbonyl (C=O) groups is 1. The van der Waals surface area contributed by atoms with Gasteiger partial charge in [0.15, 0.2) is 0 Å². The Balaban J connectivity index is 1.32. The zero-order valence-electron chi connectivity index (χ0n) is 15.1. The van der Waals surface area contributed by atoms with E-state index in [1.807, 2.05) is 0 Å². The average Bonchev–Trinajstić information content (AvgIpc) is 3.15. The number of aromatic nitrogens is 3. The summed E-state index contributed by atoms with van der Waals surface area (Å²) >= 11 is 0. The molecule has 27 heavy (non-hydrogen) atoms. The van der Waals surface area contributed by atoms with Crippen LogP contribution in [0.1, 0.15) is 24.1 Å². The van der Waals surface area contributed by atoms with Gasteiger partial charge < -0.3 is 10.4 Å². The molecule has 1 amide bonds. The van der Waals surface area contributed by atoms with Gasteiger partial charge in [-0.05, 0) is 43.0 Å². The van der Waals surface area contributed by atoms with E-state index in [0.717, 1.165) is 38.0 Å². The molecular formula is C19H24FN5O2. The number of carbonyl (C=O) groups excluding carboxylic acids is 1. The molecule has 2 aromatic rings. The van der Waals surface area contributed by atoms with Crippen molar-refractivity contribution in [1.29, 1.82) is 0 Å². The van der Waals surface area contributed by atoms with Crippen LogP contribution >= 0.6 is 0 Å². The molecule has 4 heterocycles. The molecule has 5 rings (SSSR count). The van der Waals surface area contributed by atoms with Gasteiger partial charge in [0.25, 0.3) is 0 Å². The van der Waals surface area contributed by atoms with E-state index in [1.165, 1.54) is 12.1 Å². The molecule has 144 valence electrons. The van der Waals surface area contributed by atoms with E-state index in [0.29, 0.717) is 24.2 Å². The number of hydrogen-bond acceptors (Lipinski definition) is 5. The maximum atomic E-state index is 13.0. The molecule has 0 spiro atoms. The third kappa shape index (κ3) is 4.01. The summed E-state index contributed by atoms with van der Waals surface area (Å²) in [5, 5.41) is 20.1. The number of fused-ring (bicyclic) bond motifs is 3. The molecule has 2 bridgehead atoms. The van der Waals surface area contributed by atoms with Crippen LogP contribution in [-0.2, 0) is 24.5 Å². The Labute approximate surface area is 157 Å². The van der Waals surface area contributed by atoms with Crippen LogP contribution in [0.5, 0.6) is 0 Å². The summed E-state index contributed by atoms with van der Waals surface area (Å²) < 4.78 is 14.8. The van der Waals surface area contributed by atoms with Crippen molar-refractivity contribution in [2.24, 2.45) is 11.8 Å². The number of amides is 1. The van der Waals surface area contributed by atoms with Gasteiger partial charge in [0.1, 0.15) is 11.5 Å². The average molecular weight is 373 g/mol. The Morgan fingerprint density at radius 2 is 2.15 bits per heavy atom. The number of nitrogens with one attached hydrogen (secondary N) is 1. The summed E-state index contributed by atoms with van der Waals surface area (Å²) in [5.41, 5.74) is 1.47. The highest BCUT2D eigenvalue weighted by Gasteiger charge is 2.43. The van der Waals surface area contributed by atoms with Gasteiger partial charge in [0.2, 0.25) is 5.91 Å². The Morgan fingerprint density at radius 1 is 1.33 bits per heavy atom. The van der Waals surface area contributed by atoms with E-state index in [9.17, 15) is 9.18 Å². The number of nitrogens with zero attached hydrogens (tertiary/aromatic N) is 4. The second kappa shape index (κ2) is 7.74. The zero-order valence-corrected chi connectivity index (χ0v) is 15.1. The van der Waals surface area contributed by atoms with Crippen molar-refractivity contribution < 1.29 is 14.3 Å². The van der Waals surface area contributed by atoms with E-state index in [-0.39, 0.29) is 24.2 Å². The van der Waals surface area contributed by atoms with Crippen molar-refractivity contribution in [1.82, 2.24) is 25.2 Å². The smallest absolute Gasteiger partial charge is 0.224 e. The lowest BCUT2D eigenvalue weighted by molar-refractivity contribution is -0.133. The number of piperidine rings is 3. The molecule has 8 heteroatoms. The van der Waals surface area contributed by atoms with Crippen LogP contribution in [0.15, 0.2) is 30.5 Å². The first-order valence-corrected chi connectivity index (χ1v) is 9.38. The lowest BCUT2D eigenvalue weighted by Crippen LogP contribution is -2.58. The molecule has 0 saturated carbocycles. The Hall–Kier alpha value is -2.32. The minimum atomic E-state index is -0.271. The Bertz CT molecular complexity index is 794. The fourth-order valence-electron chi connectivity index (χ4n) is 4.26. The Kier molecular flexibility index (Phi) is 5.18. The second-order valence-corrected chi connectivity index (χ2v) is 7.47. The topological polar surface area (TPSA) is 83.3 Å². The first-order chi connectivity index (χ1) is 13.1. The molecule has 0 radical (unpaired) electrons. The third-order valence-corrected chi connectivity index (χ3v) is 5.74. The summed E-state index contributed by atoms with van der Waals surface area (Å²) in [6, 6.07) is 6.56. The highest BCUT2D eigenvalue weighted by molar-refractivity contribution is 5.79. The molecule has 3 saturated heterocycles. The van der Waals surface area contributed by atoms with E-state index in [1.54, 1.807) is 23.0 Å². The van der Waals surface area contributed by atoms with Crippen LogP contribution in [0.3, 0.4) is 0 Å². The van der Waals surface area contributed by atoms with Crippen molar-refractivity contribution >= 4 is 5.91 Å². The highest BCUT2D eigenvalue weighted by atomic mass is 19.1. The van der Waals surface area contributed by atoms with E-state index in [2.05, 4.69) is 20.5 Å². The molecule has 3 fully saturated rings. The normalized spacial score (nSPS) is 26.9. The van der Waals surface area contributed by atoms with Crippen LogP contribution in [0.25, 0.3) is 0 Å². The van der Waals surface area contributed by atoms with Crippen LogP contribution in [0.4, 0.5) is 4.39 Å². The van der Waals surface area contributed by atoms with Crippen LogP contribution in [-0.4, -0.2) is 50.0 Å². The van der Waals surface area contributed by atoms with Gasteiger partial charge in [0.05, 0.1) is 25.3 Å². The van der Waals surface area contributed by atoms with Crippen LogP contribution < -0.4 is 5.32 Å². The standard InChI is InChI=1S/C19H24FN5O2/c20-15-3-1-13(2-4-15)8-21-19(27)18-11-24-6-5-14(18)7-17(24)10-25-9-16(12-26)22-23-25/h1-4,9,14,17-18,26H,5-8,10-12H2,(H,21,27). The summed E-state index contributed by atoms with van der Waals surface area (Å²) in [6.45, 7) is 2.81. The van der Waals surface area contributed by atoms with Crippen molar-refractivity contribution in [3.8, 4) is 0 Å². The SMILES string of the molecule is O=C(NCc1ccc(F)cc1)C1CN2CCC1CC2Cn1cc(CO)nn1. The lowest BCUT2D eigenvalue weighted by Gasteiger charge is -2.49. The molecule has 1 aromatic carbocycles. The summed E-state index contributed by atoms with van der Waals surface area (Å²) in [6.07, 6.45) is 3.77. The fourth-order valence-corrected chi connectivity index (χ4v) is 4.26. The van der Waals surface area contributed by atoms with Gasteiger partial charge >= 0.3 is 0 Å². The Morgan fingerprint density at radius 3 is 2.81 bits per heavy atom. The number of hydrogen-bond donors (Lipinski definition) is 2. The predicted octanol–water partition coefficient (Wildman–Crippen LogP) is 0.936. The maximum Gasteiger partial charge on any atom is 0.224 e. The third-order valence-electron chi connectivity index (χ3n) is 5.74. The molecule has 7 nitrogen and oxygen atoms in total. The van der Waals surface area contributed by atoms with E-state index < -0.39 is 0 Å². The molecule has 4 unspecified atom stereocenters. The summed E-state index contributed by atoms with van der Waals surface area (Å²) in [4.78, 5) is 15.0. The van der Waals surface area contributed by atoms with Crippen LogP contribution in [0, 0.1) is 17.7 Å². The molecule has 2 N–H and O–H groups in total. The minimum absolute atomic E-state index is 0.000743. The van der Waals surface area contributed by atoms with Gasteiger partial charge in [0, 0.05) is 19.1 Å². The second-order valence-electron chi connectivity index (χ2n) is 7.47. The highest BCUT2D eigenvalue weighted by Crippen LogP contribution is 2.36. The fraction of sp³-hybridized carbons (Fsp3) is 0.526.